The van der Waals surface area contributed by atoms with Crippen molar-refractivity contribution in [2.24, 2.45) is 0 Å². The van der Waals surface area contributed by atoms with Crippen molar-refractivity contribution in [3.05, 3.63) is 64.9 Å². The van der Waals surface area contributed by atoms with Gasteiger partial charge in [-0.25, -0.2) is 4.39 Å². The number of carbonyl (C=O) groups excluding carboxylic acids is 2. The first kappa shape index (κ1) is 18.9. The van der Waals surface area contributed by atoms with Crippen LogP contribution in [0.4, 0.5) is 10.1 Å². The summed E-state index contributed by atoms with van der Waals surface area (Å²) in [5.74, 6) is -0.864. The molecule has 0 aliphatic heterocycles. The molecule has 0 N–H and O–H groups in total. The van der Waals surface area contributed by atoms with E-state index in [0.717, 1.165) is 5.56 Å². The maximum absolute atomic E-state index is 13.3. The van der Waals surface area contributed by atoms with Crippen molar-refractivity contribution >= 4 is 29.1 Å². The number of anilines is 1. The van der Waals surface area contributed by atoms with E-state index in [1.807, 2.05) is 30.3 Å². The molecule has 2 aromatic carbocycles. The minimum atomic E-state index is -0.549. The summed E-state index contributed by atoms with van der Waals surface area (Å²) >= 11 is 5.78. The van der Waals surface area contributed by atoms with Crippen LogP contribution in [0.25, 0.3) is 0 Å². The molecule has 0 aromatic heterocycles. The van der Waals surface area contributed by atoms with Gasteiger partial charge in [0.15, 0.2) is 0 Å². The number of hydrogen-bond acceptors (Lipinski definition) is 2. The third-order valence-electron chi connectivity index (χ3n) is 3.83. The molecule has 132 valence electrons. The van der Waals surface area contributed by atoms with Crippen molar-refractivity contribution in [1.29, 1.82) is 0 Å². The van der Waals surface area contributed by atoms with E-state index < -0.39 is 5.82 Å². The molecule has 6 heteroatoms. The number of benzene rings is 2. The van der Waals surface area contributed by atoms with E-state index in [1.54, 1.807) is 11.9 Å². The highest BCUT2D eigenvalue weighted by Gasteiger charge is 2.17. The van der Waals surface area contributed by atoms with E-state index >= 15 is 0 Å². The second-order valence-corrected chi connectivity index (χ2v) is 6.16. The monoisotopic (exact) mass is 362 g/mol. The molecule has 0 atom stereocenters. The van der Waals surface area contributed by atoms with Crippen molar-refractivity contribution in [2.75, 3.05) is 18.5 Å². The van der Waals surface area contributed by atoms with Crippen LogP contribution in [0, 0.1) is 5.82 Å². The third kappa shape index (κ3) is 5.29. The minimum Gasteiger partial charge on any atom is -0.341 e. The molecule has 2 rings (SSSR count). The molecular weight excluding hydrogens is 343 g/mol. The third-order valence-corrected chi connectivity index (χ3v) is 4.12. The minimum absolute atomic E-state index is 0.0590. The highest BCUT2D eigenvalue weighted by molar-refractivity contribution is 6.31. The molecule has 0 unspecified atom stereocenters. The predicted octanol–water partition coefficient (Wildman–Crippen LogP) is 3.88. The molecule has 2 amide bonds. The van der Waals surface area contributed by atoms with Gasteiger partial charge in [-0.2, -0.15) is 0 Å². The largest absolute Gasteiger partial charge is 0.341 e. The highest BCUT2D eigenvalue weighted by atomic mass is 35.5. The fourth-order valence-electron chi connectivity index (χ4n) is 2.47. The Labute approximate surface area is 151 Å². The van der Waals surface area contributed by atoms with Gasteiger partial charge in [-0.3, -0.25) is 9.59 Å². The predicted molar refractivity (Wildman–Crippen MR) is 97.0 cm³/mol. The van der Waals surface area contributed by atoms with E-state index in [2.05, 4.69) is 0 Å². The highest BCUT2D eigenvalue weighted by Crippen LogP contribution is 2.23. The Morgan fingerprint density at radius 2 is 1.80 bits per heavy atom. The number of hydrogen-bond donors (Lipinski definition) is 0. The topological polar surface area (TPSA) is 40.6 Å². The Morgan fingerprint density at radius 1 is 1.12 bits per heavy atom. The molecule has 0 bridgehead atoms. The molecule has 0 aliphatic rings. The molecule has 0 radical (unpaired) electrons. The Hall–Kier alpha value is -2.40. The zero-order valence-electron chi connectivity index (χ0n) is 14.2. The summed E-state index contributed by atoms with van der Waals surface area (Å²) in [5, 5.41) is -0.0590. The quantitative estimate of drug-likeness (QED) is 0.782. The van der Waals surface area contributed by atoms with Gasteiger partial charge in [0.2, 0.25) is 11.8 Å². The normalized spacial score (nSPS) is 10.4. The van der Waals surface area contributed by atoms with Crippen LogP contribution in [-0.2, 0) is 16.1 Å². The van der Waals surface area contributed by atoms with Crippen LogP contribution in [0.5, 0.6) is 0 Å². The van der Waals surface area contributed by atoms with Gasteiger partial charge in [0.25, 0.3) is 0 Å². The first-order valence-corrected chi connectivity index (χ1v) is 8.27. The van der Waals surface area contributed by atoms with E-state index in [9.17, 15) is 14.0 Å². The summed E-state index contributed by atoms with van der Waals surface area (Å²) in [6, 6.07) is 13.7. The van der Waals surface area contributed by atoms with Crippen LogP contribution in [0.15, 0.2) is 48.5 Å². The van der Waals surface area contributed by atoms with Crippen LogP contribution < -0.4 is 4.90 Å². The van der Waals surface area contributed by atoms with E-state index in [1.165, 1.54) is 30.0 Å². The van der Waals surface area contributed by atoms with E-state index in [4.69, 9.17) is 11.6 Å². The average molecular weight is 363 g/mol. The lowest BCUT2D eigenvalue weighted by Crippen LogP contribution is -2.34. The lowest BCUT2D eigenvalue weighted by Gasteiger charge is -2.23. The number of amides is 2. The Balaban J connectivity index is 1.99. The summed E-state index contributed by atoms with van der Waals surface area (Å²) in [5.41, 5.74) is 1.50. The number of nitrogens with zero attached hydrogens (tertiary/aromatic N) is 2. The van der Waals surface area contributed by atoms with Crippen molar-refractivity contribution in [3.8, 4) is 0 Å². The summed E-state index contributed by atoms with van der Waals surface area (Å²) in [6.45, 7) is 2.10. The van der Waals surface area contributed by atoms with Gasteiger partial charge in [0.05, 0.1) is 5.02 Å². The first-order valence-electron chi connectivity index (χ1n) is 7.89. The standard InChI is InChI=1S/C19H20ClFN2O2/c1-14(24)23(16-8-9-18(21)17(20)12-16)11-10-19(25)22(2)13-15-6-4-3-5-7-15/h3-9,12H,10-11,13H2,1-2H3. The molecule has 2 aromatic rings. The zero-order valence-corrected chi connectivity index (χ0v) is 15.0. The average Bonchev–Trinajstić information content (AvgIpc) is 2.58. The molecular formula is C19H20ClFN2O2. The maximum atomic E-state index is 13.3. The van der Waals surface area contributed by atoms with Crippen molar-refractivity contribution < 1.29 is 14.0 Å². The first-order chi connectivity index (χ1) is 11.9. The van der Waals surface area contributed by atoms with Gasteiger partial charge in [-0.05, 0) is 23.8 Å². The fourth-order valence-corrected chi connectivity index (χ4v) is 2.64. The maximum Gasteiger partial charge on any atom is 0.224 e. The number of rotatable bonds is 6. The van der Waals surface area contributed by atoms with Gasteiger partial charge >= 0.3 is 0 Å². The summed E-state index contributed by atoms with van der Waals surface area (Å²) in [7, 11) is 1.72. The van der Waals surface area contributed by atoms with Gasteiger partial charge in [-0.1, -0.05) is 41.9 Å². The summed E-state index contributed by atoms with van der Waals surface area (Å²) in [4.78, 5) is 27.2. The molecule has 0 spiro atoms. The van der Waals surface area contributed by atoms with Crippen molar-refractivity contribution in [3.63, 3.8) is 0 Å². The summed E-state index contributed by atoms with van der Waals surface area (Å²) < 4.78 is 13.3. The van der Waals surface area contributed by atoms with Gasteiger partial charge in [0, 0.05) is 39.2 Å². The van der Waals surface area contributed by atoms with Crippen LogP contribution in [0.2, 0.25) is 5.02 Å². The summed E-state index contributed by atoms with van der Waals surface area (Å²) in [6.07, 6.45) is 0.165. The molecule has 0 heterocycles. The Morgan fingerprint density at radius 3 is 2.40 bits per heavy atom. The second kappa shape index (κ2) is 8.62. The Kier molecular flexibility index (Phi) is 6.53. The van der Waals surface area contributed by atoms with Crippen LogP contribution in [-0.4, -0.2) is 30.3 Å². The van der Waals surface area contributed by atoms with Gasteiger partial charge in [-0.15, -0.1) is 0 Å². The van der Waals surface area contributed by atoms with Gasteiger partial charge < -0.3 is 9.80 Å². The zero-order chi connectivity index (χ0) is 18.4. The molecule has 25 heavy (non-hydrogen) atoms. The number of carbonyl (C=O) groups is 2. The van der Waals surface area contributed by atoms with Crippen LogP contribution in [0.3, 0.4) is 0 Å². The molecule has 0 fully saturated rings. The van der Waals surface area contributed by atoms with Gasteiger partial charge in [0.1, 0.15) is 5.82 Å². The van der Waals surface area contributed by atoms with E-state index in [0.29, 0.717) is 12.2 Å². The fraction of sp³-hybridized carbons (Fsp3) is 0.263. The molecule has 0 saturated carbocycles. The van der Waals surface area contributed by atoms with E-state index in [-0.39, 0.29) is 29.8 Å². The number of halogens is 2. The molecule has 0 saturated heterocycles. The Bertz CT molecular complexity index is 752. The van der Waals surface area contributed by atoms with Crippen molar-refractivity contribution in [2.45, 2.75) is 19.9 Å². The lowest BCUT2D eigenvalue weighted by molar-refractivity contribution is -0.130. The molecule has 4 nitrogen and oxygen atoms in total. The SMILES string of the molecule is CC(=O)N(CCC(=O)N(C)Cc1ccccc1)c1ccc(F)c(Cl)c1. The van der Waals surface area contributed by atoms with Crippen molar-refractivity contribution in [1.82, 2.24) is 4.90 Å². The smallest absolute Gasteiger partial charge is 0.224 e. The van der Waals surface area contributed by atoms with Crippen LogP contribution in [0.1, 0.15) is 18.9 Å². The second-order valence-electron chi connectivity index (χ2n) is 5.75. The lowest BCUT2D eigenvalue weighted by atomic mass is 10.2. The van der Waals surface area contributed by atoms with Crippen LogP contribution >= 0.6 is 11.6 Å². The molecule has 0 aliphatic carbocycles.